The van der Waals surface area contributed by atoms with Gasteiger partial charge in [0.25, 0.3) is 0 Å². The Morgan fingerprint density at radius 3 is 2.47 bits per heavy atom. The second-order valence-corrected chi connectivity index (χ2v) is 3.53. The molecule has 0 aromatic heterocycles. The van der Waals surface area contributed by atoms with Gasteiger partial charge in [-0.15, -0.1) is 13.2 Å². The smallest absolute Gasteiger partial charge is 0.467 e. The molecule has 5 nitrogen and oxygen atoms in total. The number of esters is 1. The van der Waals surface area contributed by atoms with Gasteiger partial charge in [0.1, 0.15) is 11.9 Å². The van der Waals surface area contributed by atoms with Crippen LogP contribution in [-0.4, -0.2) is 35.8 Å². The second kappa shape index (κ2) is 5.89. The lowest BCUT2D eigenvalue weighted by molar-refractivity contribution is -0.274. The molecule has 0 aliphatic rings. The molecule has 0 heterocycles. The highest BCUT2D eigenvalue weighted by Gasteiger charge is 2.32. The highest BCUT2D eigenvalue weighted by Crippen LogP contribution is 2.26. The number of benzene rings is 1. The molecule has 2 N–H and O–H groups in total. The Morgan fingerprint density at radius 1 is 1.32 bits per heavy atom. The van der Waals surface area contributed by atoms with Crippen molar-refractivity contribution in [3.05, 3.63) is 29.8 Å². The van der Waals surface area contributed by atoms with Crippen LogP contribution in [0.1, 0.15) is 11.7 Å². The zero-order chi connectivity index (χ0) is 14.6. The first kappa shape index (κ1) is 15.3. The van der Waals surface area contributed by atoms with Crippen LogP contribution >= 0.6 is 0 Å². The summed E-state index contributed by atoms with van der Waals surface area (Å²) in [5, 5.41) is 19.0. The van der Waals surface area contributed by atoms with E-state index in [1.807, 2.05) is 0 Å². The van der Waals surface area contributed by atoms with Crippen LogP contribution in [0.2, 0.25) is 0 Å². The average molecular weight is 280 g/mol. The van der Waals surface area contributed by atoms with E-state index in [0.717, 1.165) is 19.2 Å². The summed E-state index contributed by atoms with van der Waals surface area (Å²) in [6.07, 6.45) is -8.49. The number of halogens is 3. The SMILES string of the molecule is COC(=O)C(O)C(O)c1cccc(OC(F)(F)F)c1. The number of carbonyl (C=O) groups excluding carboxylic acids is 1. The van der Waals surface area contributed by atoms with Gasteiger partial charge in [-0.1, -0.05) is 12.1 Å². The van der Waals surface area contributed by atoms with Crippen LogP contribution in [-0.2, 0) is 9.53 Å². The van der Waals surface area contributed by atoms with E-state index in [4.69, 9.17) is 0 Å². The highest BCUT2D eigenvalue weighted by atomic mass is 19.4. The molecule has 1 rings (SSSR count). The van der Waals surface area contributed by atoms with Crippen molar-refractivity contribution >= 4 is 5.97 Å². The predicted molar refractivity (Wildman–Crippen MR) is 56.1 cm³/mol. The third-order valence-corrected chi connectivity index (χ3v) is 2.17. The molecule has 106 valence electrons. The van der Waals surface area contributed by atoms with Gasteiger partial charge in [0.05, 0.1) is 7.11 Å². The van der Waals surface area contributed by atoms with E-state index < -0.39 is 30.3 Å². The van der Waals surface area contributed by atoms with Crippen molar-refractivity contribution in [1.82, 2.24) is 0 Å². The van der Waals surface area contributed by atoms with E-state index in [2.05, 4.69) is 9.47 Å². The van der Waals surface area contributed by atoms with E-state index in [1.165, 1.54) is 12.1 Å². The molecule has 1 aromatic rings. The highest BCUT2D eigenvalue weighted by molar-refractivity contribution is 5.75. The summed E-state index contributed by atoms with van der Waals surface area (Å²) in [7, 11) is 1.00. The second-order valence-electron chi connectivity index (χ2n) is 3.53. The Bertz CT molecular complexity index is 446. The lowest BCUT2D eigenvalue weighted by Gasteiger charge is -2.17. The van der Waals surface area contributed by atoms with Gasteiger partial charge in [0, 0.05) is 0 Å². The van der Waals surface area contributed by atoms with Crippen molar-refractivity contribution in [2.24, 2.45) is 0 Å². The number of hydrogen-bond donors (Lipinski definition) is 2. The molecule has 0 fully saturated rings. The molecule has 0 aliphatic heterocycles. The molecule has 0 spiro atoms. The Labute approximate surface area is 106 Å². The zero-order valence-electron chi connectivity index (χ0n) is 9.72. The van der Waals surface area contributed by atoms with Gasteiger partial charge >= 0.3 is 12.3 Å². The van der Waals surface area contributed by atoms with Crippen LogP contribution in [0.4, 0.5) is 13.2 Å². The van der Waals surface area contributed by atoms with Gasteiger partial charge in [-0.3, -0.25) is 0 Å². The summed E-state index contributed by atoms with van der Waals surface area (Å²) < 4.78 is 43.9. The average Bonchev–Trinajstić information content (AvgIpc) is 2.34. The van der Waals surface area contributed by atoms with E-state index in [9.17, 15) is 28.2 Å². The molecule has 2 unspecified atom stereocenters. The summed E-state index contributed by atoms with van der Waals surface area (Å²) in [5.41, 5.74) is -0.111. The maximum atomic E-state index is 12.0. The van der Waals surface area contributed by atoms with E-state index in [0.29, 0.717) is 0 Å². The number of alkyl halides is 3. The fourth-order valence-corrected chi connectivity index (χ4v) is 1.33. The van der Waals surface area contributed by atoms with Gasteiger partial charge in [-0.2, -0.15) is 0 Å². The summed E-state index contributed by atoms with van der Waals surface area (Å²) in [5.74, 6) is -1.67. The predicted octanol–water partition coefficient (Wildman–Crippen LogP) is 1.15. The van der Waals surface area contributed by atoms with Gasteiger partial charge in [0.15, 0.2) is 6.10 Å². The summed E-state index contributed by atoms with van der Waals surface area (Å²) in [6, 6.07) is 4.31. The quantitative estimate of drug-likeness (QED) is 0.809. The molecule has 1 aromatic carbocycles. The minimum atomic E-state index is -4.87. The molecule has 2 atom stereocenters. The fourth-order valence-electron chi connectivity index (χ4n) is 1.33. The lowest BCUT2D eigenvalue weighted by atomic mass is 10.0. The van der Waals surface area contributed by atoms with Crippen LogP contribution in [0.5, 0.6) is 5.75 Å². The number of aliphatic hydroxyl groups is 2. The fraction of sp³-hybridized carbons (Fsp3) is 0.364. The molecule has 0 radical (unpaired) electrons. The van der Waals surface area contributed by atoms with Gasteiger partial charge < -0.3 is 19.7 Å². The van der Waals surface area contributed by atoms with Crippen molar-refractivity contribution in [2.45, 2.75) is 18.6 Å². The first-order valence-electron chi connectivity index (χ1n) is 5.04. The molecule has 0 aliphatic carbocycles. The molecule has 19 heavy (non-hydrogen) atoms. The monoisotopic (exact) mass is 280 g/mol. The van der Waals surface area contributed by atoms with Crippen LogP contribution in [0.3, 0.4) is 0 Å². The Kier molecular flexibility index (Phi) is 4.73. The summed E-state index contributed by atoms with van der Waals surface area (Å²) in [6.45, 7) is 0. The number of carbonyl (C=O) groups is 1. The number of hydrogen-bond acceptors (Lipinski definition) is 5. The number of rotatable bonds is 4. The molecule has 0 bridgehead atoms. The van der Waals surface area contributed by atoms with Crippen LogP contribution in [0.15, 0.2) is 24.3 Å². The molecule has 0 amide bonds. The van der Waals surface area contributed by atoms with Crippen LogP contribution in [0.25, 0.3) is 0 Å². The largest absolute Gasteiger partial charge is 0.573 e. The molecule has 0 saturated carbocycles. The minimum Gasteiger partial charge on any atom is -0.467 e. The molecule has 0 saturated heterocycles. The molecular weight excluding hydrogens is 269 g/mol. The van der Waals surface area contributed by atoms with Crippen molar-refractivity contribution in [1.29, 1.82) is 0 Å². The van der Waals surface area contributed by atoms with Crippen molar-refractivity contribution in [2.75, 3.05) is 7.11 Å². The Hall–Kier alpha value is -1.80. The van der Waals surface area contributed by atoms with Gasteiger partial charge in [0.2, 0.25) is 0 Å². The number of methoxy groups -OCH3 is 1. The van der Waals surface area contributed by atoms with E-state index in [-0.39, 0.29) is 5.56 Å². The molecular formula is C11H11F3O5. The van der Waals surface area contributed by atoms with Crippen molar-refractivity contribution in [3.63, 3.8) is 0 Å². The maximum absolute atomic E-state index is 12.0. The van der Waals surface area contributed by atoms with E-state index in [1.54, 1.807) is 0 Å². The first-order valence-corrected chi connectivity index (χ1v) is 5.04. The summed E-state index contributed by atoms with van der Waals surface area (Å²) >= 11 is 0. The third-order valence-electron chi connectivity index (χ3n) is 2.17. The molecule has 8 heteroatoms. The summed E-state index contributed by atoms with van der Waals surface area (Å²) in [4.78, 5) is 11.0. The standard InChI is InChI=1S/C11H11F3O5/c1-18-10(17)9(16)8(15)6-3-2-4-7(5-6)19-11(12,13)14/h2-5,8-9,15-16H,1H3. The van der Waals surface area contributed by atoms with Gasteiger partial charge in [-0.05, 0) is 17.7 Å². The first-order chi connectivity index (χ1) is 8.74. The topological polar surface area (TPSA) is 76.0 Å². The third kappa shape index (κ3) is 4.42. The minimum absolute atomic E-state index is 0.111. The van der Waals surface area contributed by atoms with Gasteiger partial charge in [-0.25, -0.2) is 4.79 Å². The lowest BCUT2D eigenvalue weighted by Crippen LogP contribution is -2.29. The Balaban J connectivity index is 2.90. The normalized spacial score (nSPS) is 14.6. The van der Waals surface area contributed by atoms with Crippen LogP contribution < -0.4 is 4.74 Å². The van der Waals surface area contributed by atoms with Crippen molar-refractivity contribution in [3.8, 4) is 5.75 Å². The van der Waals surface area contributed by atoms with Crippen molar-refractivity contribution < 1.29 is 37.7 Å². The maximum Gasteiger partial charge on any atom is 0.573 e. The number of ether oxygens (including phenoxy) is 2. The zero-order valence-corrected chi connectivity index (χ0v) is 9.72. The number of aliphatic hydroxyl groups excluding tert-OH is 2. The Morgan fingerprint density at radius 2 is 1.95 bits per heavy atom. The van der Waals surface area contributed by atoms with E-state index >= 15 is 0 Å². The van der Waals surface area contributed by atoms with Crippen LogP contribution in [0, 0.1) is 0 Å².